The van der Waals surface area contributed by atoms with E-state index in [1.807, 2.05) is 30.3 Å². The zero-order valence-corrected chi connectivity index (χ0v) is 15.2. The lowest BCUT2D eigenvalue weighted by Gasteiger charge is -2.24. The van der Waals surface area contributed by atoms with Crippen molar-refractivity contribution in [1.82, 2.24) is 5.43 Å². The van der Waals surface area contributed by atoms with E-state index in [0.29, 0.717) is 18.7 Å². The molecule has 5 nitrogen and oxygen atoms in total. The fourth-order valence-corrected chi connectivity index (χ4v) is 4.05. The van der Waals surface area contributed by atoms with Crippen LogP contribution >= 0.6 is 0 Å². The summed E-state index contributed by atoms with van der Waals surface area (Å²) in [5, 5.41) is 9.90. The topological polar surface area (TPSA) is 69.6 Å². The zero-order chi connectivity index (χ0) is 17.9. The number of hydrazine groups is 1. The highest BCUT2D eigenvalue weighted by atomic mass is 32.2. The maximum atomic E-state index is 12.2. The minimum Gasteiger partial charge on any atom is -0.388 e. The van der Waals surface area contributed by atoms with Crippen LogP contribution in [-0.2, 0) is 22.9 Å². The summed E-state index contributed by atoms with van der Waals surface area (Å²) < 4.78 is 25.6. The highest BCUT2D eigenvalue weighted by Gasteiger charge is 2.23. The van der Waals surface area contributed by atoms with E-state index in [0.717, 1.165) is 30.4 Å². The molecule has 2 aromatic carbocycles. The fraction of sp³-hybridized carbons (Fsp3) is 0.368. The van der Waals surface area contributed by atoms with Crippen molar-refractivity contribution in [3.63, 3.8) is 0 Å². The normalized spacial score (nSPS) is 16.6. The lowest BCUT2D eigenvalue weighted by Crippen LogP contribution is -2.43. The van der Waals surface area contributed by atoms with Crippen LogP contribution in [0.2, 0.25) is 0 Å². The Balaban J connectivity index is 1.67. The number of benzene rings is 2. The molecule has 0 spiro atoms. The number of nitrogens with one attached hydrogen (secondary N) is 1. The van der Waals surface area contributed by atoms with E-state index in [2.05, 4.69) is 17.6 Å². The first-order chi connectivity index (χ1) is 11.9. The van der Waals surface area contributed by atoms with Crippen molar-refractivity contribution in [2.75, 3.05) is 17.2 Å². The highest BCUT2D eigenvalue weighted by Crippen LogP contribution is 2.33. The van der Waals surface area contributed by atoms with Crippen LogP contribution in [0, 0.1) is 0 Å². The van der Waals surface area contributed by atoms with Crippen LogP contribution in [0.3, 0.4) is 0 Å². The molecule has 0 radical (unpaired) electrons. The molecule has 2 aromatic rings. The Morgan fingerprint density at radius 1 is 1.20 bits per heavy atom. The standard InChI is InChI=1S/C19H24N2O3S/c1-25(23,24)21(20-13-5-8-15-6-3-2-4-7-15)17-10-11-18-16(14-17)9-12-19(18)22/h2-4,6-7,10-11,14,19-20,22H,5,8-9,12-13H2,1H3. The molecule has 0 aromatic heterocycles. The molecule has 1 unspecified atom stereocenters. The first-order valence-corrected chi connectivity index (χ1v) is 10.4. The van der Waals surface area contributed by atoms with Gasteiger partial charge in [0.05, 0.1) is 18.0 Å². The van der Waals surface area contributed by atoms with Gasteiger partial charge in [-0.3, -0.25) is 0 Å². The molecule has 0 heterocycles. The summed E-state index contributed by atoms with van der Waals surface area (Å²) in [6.45, 7) is 0.557. The number of fused-ring (bicyclic) bond motifs is 1. The molecule has 0 saturated heterocycles. The molecule has 0 aliphatic heterocycles. The number of hydrogen-bond acceptors (Lipinski definition) is 4. The number of nitrogens with zero attached hydrogens (tertiary/aromatic N) is 1. The van der Waals surface area contributed by atoms with Gasteiger partial charge in [0.1, 0.15) is 0 Å². The smallest absolute Gasteiger partial charge is 0.245 e. The average molecular weight is 360 g/mol. The molecule has 134 valence electrons. The van der Waals surface area contributed by atoms with Crippen LogP contribution in [0.1, 0.15) is 35.6 Å². The van der Waals surface area contributed by atoms with Crippen LogP contribution in [0.15, 0.2) is 48.5 Å². The van der Waals surface area contributed by atoms with E-state index < -0.39 is 16.1 Å². The third kappa shape index (κ3) is 4.39. The van der Waals surface area contributed by atoms with Gasteiger partial charge in [-0.2, -0.15) is 0 Å². The summed E-state index contributed by atoms with van der Waals surface area (Å²) in [4.78, 5) is 0. The third-order valence-corrected chi connectivity index (χ3v) is 5.48. The lowest BCUT2D eigenvalue weighted by molar-refractivity contribution is 0.180. The van der Waals surface area contributed by atoms with Gasteiger partial charge in [0, 0.05) is 6.54 Å². The Morgan fingerprint density at radius 3 is 2.68 bits per heavy atom. The molecule has 1 atom stereocenters. The van der Waals surface area contributed by atoms with E-state index in [1.54, 1.807) is 6.07 Å². The van der Waals surface area contributed by atoms with Gasteiger partial charge in [-0.1, -0.05) is 36.4 Å². The second kappa shape index (κ2) is 7.56. The summed E-state index contributed by atoms with van der Waals surface area (Å²) in [5.41, 5.74) is 6.78. The average Bonchev–Trinajstić information content (AvgIpc) is 2.95. The number of aliphatic hydroxyl groups is 1. The van der Waals surface area contributed by atoms with E-state index in [-0.39, 0.29) is 0 Å². The highest BCUT2D eigenvalue weighted by molar-refractivity contribution is 7.92. The monoisotopic (exact) mass is 360 g/mol. The van der Waals surface area contributed by atoms with Crippen LogP contribution < -0.4 is 9.84 Å². The molecule has 2 N–H and O–H groups in total. The molecule has 3 rings (SSSR count). The van der Waals surface area contributed by atoms with Crippen molar-refractivity contribution in [2.24, 2.45) is 0 Å². The quantitative estimate of drug-likeness (QED) is 0.588. The first-order valence-electron chi connectivity index (χ1n) is 8.54. The van der Waals surface area contributed by atoms with Gasteiger partial charge in [0.25, 0.3) is 0 Å². The van der Waals surface area contributed by atoms with E-state index in [4.69, 9.17) is 0 Å². The van der Waals surface area contributed by atoms with E-state index in [9.17, 15) is 13.5 Å². The summed E-state index contributed by atoms with van der Waals surface area (Å²) in [5.74, 6) is 0. The predicted molar refractivity (Wildman–Crippen MR) is 99.8 cm³/mol. The SMILES string of the molecule is CS(=O)(=O)N(NCCCc1ccccc1)c1ccc2c(c1)CCC2O. The van der Waals surface area contributed by atoms with Crippen LogP contribution in [-0.4, -0.2) is 26.3 Å². The Morgan fingerprint density at radius 2 is 1.96 bits per heavy atom. The molecular weight excluding hydrogens is 336 g/mol. The van der Waals surface area contributed by atoms with Crippen molar-refractivity contribution >= 4 is 15.7 Å². The maximum Gasteiger partial charge on any atom is 0.245 e. The molecule has 0 saturated carbocycles. The predicted octanol–water partition coefficient (Wildman–Crippen LogP) is 2.57. The molecular formula is C19H24N2O3S. The number of anilines is 1. The molecule has 6 heteroatoms. The third-order valence-electron chi connectivity index (χ3n) is 4.48. The summed E-state index contributed by atoms with van der Waals surface area (Å²) in [6.07, 6.45) is 3.95. The van der Waals surface area contributed by atoms with Gasteiger partial charge < -0.3 is 5.11 Å². The number of rotatable bonds is 7. The van der Waals surface area contributed by atoms with Crippen molar-refractivity contribution in [3.05, 3.63) is 65.2 Å². The molecule has 0 amide bonds. The molecule has 25 heavy (non-hydrogen) atoms. The van der Waals surface area contributed by atoms with Crippen molar-refractivity contribution in [2.45, 2.75) is 31.8 Å². The van der Waals surface area contributed by atoms with Gasteiger partial charge in [0.2, 0.25) is 10.0 Å². The zero-order valence-electron chi connectivity index (χ0n) is 14.4. The fourth-order valence-electron chi connectivity index (χ4n) is 3.23. The van der Waals surface area contributed by atoms with Crippen LogP contribution in [0.4, 0.5) is 5.69 Å². The van der Waals surface area contributed by atoms with Gasteiger partial charge in [-0.25, -0.2) is 18.3 Å². The second-order valence-electron chi connectivity index (χ2n) is 6.46. The lowest BCUT2D eigenvalue weighted by atomic mass is 10.1. The second-order valence-corrected chi connectivity index (χ2v) is 8.29. The van der Waals surface area contributed by atoms with Crippen LogP contribution in [0.25, 0.3) is 0 Å². The van der Waals surface area contributed by atoms with Crippen molar-refractivity contribution < 1.29 is 13.5 Å². The maximum absolute atomic E-state index is 12.2. The van der Waals surface area contributed by atoms with E-state index in [1.165, 1.54) is 16.2 Å². The van der Waals surface area contributed by atoms with Gasteiger partial charge in [-0.05, 0) is 54.5 Å². The Hall–Kier alpha value is -1.89. The summed E-state index contributed by atoms with van der Waals surface area (Å²) >= 11 is 0. The molecule has 0 fully saturated rings. The van der Waals surface area contributed by atoms with Crippen molar-refractivity contribution in [1.29, 1.82) is 0 Å². The van der Waals surface area contributed by atoms with E-state index >= 15 is 0 Å². The molecule has 1 aliphatic carbocycles. The minimum atomic E-state index is -3.43. The van der Waals surface area contributed by atoms with Gasteiger partial charge >= 0.3 is 0 Å². The molecule has 0 bridgehead atoms. The Kier molecular flexibility index (Phi) is 5.42. The summed E-state index contributed by atoms with van der Waals surface area (Å²) in [6, 6.07) is 15.6. The van der Waals surface area contributed by atoms with Crippen LogP contribution in [0.5, 0.6) is 0 Å². The van der Waals surface area contributed by atoms with Gasteiger partial charge in [-0.15, -0.1) is 0 Å². The molecule has 1 aliphatic rings. The Bertz CT molecular complexity index is 822. The number of aliphatic hydroxyl groups excluding tert-OH is 1. The Labute approximate surface area is 149 Å². The van der Waals surface area contributed by atoms with Gasteiger partial charge in [0.15, 0.2) is 0 Å². The number of hydrogen-bond donors (Lipinski definition) is 2. The number of aryl methyl sites for hydroxylation is 2. The first kappa shape index (κ1) is 17.9. The minimum absolute atomic E-state index is 0.436. The number of sulfonamides is 1. The largest absolute Gasteiger partial charge is 0.388 e. The van der Waals surface area contributed by atoms with Crippen molar-refractivity contribution in [3.8, 4) is 0 Å². The summed E-state index contributed by atoms with van der Waals surface area (Å²) in [7, 11) is -3.43.